The lowest BCUT2D eigenvalue weighted by molar-refractivity contribution is 0.192. The third-order valence-corrected chi connectivity index (χ3v) is 4.04. The number of likely N-dealkylation sites (tertiary alicyclic amines) is 1. The van der Waals surface area contributed by atoms with Crippen molar-refractivity contribution in [1.82, 2.24) is 15.1 Å². The second kappa shape index (κ2) is 7.04. The summed E-state index contributed by atoms with van der Waals surface area (Å²) in [6, 6.07) is 11.9. The van der Waals surface area contributed by atoms with E-state index in [0.29, 0.717) is 6.04 Å². The van der Waals surface area contributed by atoms with Gasteiger partial charge in [-0.2, -0.15) is 0 Å². The van der Waals surface area contributed by atoms with Gasteiger partial charge in [0.15, 0.2) is 0 Å². The van der Waals surface area contributed by atoms with Crippen molar-refractivity contribution in [2.75, 3.05) is 40.8 Å². The lowest BCUT2D eigenvalue weighted by atomic mass is 10.1. The average Bonchev–Trinajstić information content (AvgIpc) is 2.83. The molecule has 1 aliphatic heterocycles. The van der Waals surface area contributed by atoms with E-state index < -0.39 is 0 Å². The first-order chi connectivity index (χ1) is 9.20. The molecule has 2 rings (SSSR count). The highest BCUT2D eigenvalue weighted by Crippen LogP contribution is 2.22. The predicted octanol–water partition coefficient (Wildman–Crippen LogP) is 1.97. The zero-order valence-corrected chi connectivity index (χ0v) is 12.5. The van der Waals surface area contributed by atoms with Gasteiger partial charge in [0.2, 0.25) is 0 Å². The largest absolute Gasteiger partial charge is 0.312 e. The minimum atomic E-state index is 0.434. The monoisotopic (exact) mass is 261 g/mol. The molecule has 2 atom stereocenters. The third kappa shape index (κ3) is 4.03. The van der Waals surface area contributed by atoms with Gasteiger partial charge in [-0.1, -0.05) is 30.3 Å². The third-order valence-electron chi connectivity index (χ3n) is 4.04. The molecule has 0 aromatic heterocycles. The van der Waals surface area contributed by atoms with Crippen LogP contribution in [0.3, 0.4) is 0 Å². The molecule has 3 heteroatoms. The molecule has 0 spiro atoms. The van der Waals surface area contributed by atoms with Crippen LogP contribution in [-0.2, 0) is 0 Å². The fraction of sp³-hybridized carbons (Fsp3) is 0.625. The number of nitrogens with one attached hydrogen (secondary N) is 1. The number of hydrogen-bond acceptors (Lipinski definition) is 3. The summed E-state index contributed by atoms with van der Waals surface area (Å²) >= 11 is 0. The number of benzene rings is 1. The highest BCUT2D eigenvalue weighted by atomic mass is 15.2. The van der Waals surface area contributed by atoms with E-state index >= 15 is 0 Å². The number of hydrogen-bond donors (Lipinski definition) is 1. The first-order valence-electron chi connectivity index (χ1n) is 7.31. The number of nitrogens with zero attached hydrogens (tertiary/aromatic N) is 2. The molecule has 0 radical (unpaired) electrons. The fourth-order valence-corrected chi connectivity index (χ4v) is 3.05. The van der Waals surface area contributed by atoms with Gasteiger partial charge in [0.05, 0.1) is 0 Å². The van der Waals surface area contributed by atoms with Crippen LogP contribution in [0.1, 0.15) is 24.4 Å². The molecule has 1 saturated heterocycles. The van der Waals surface area contributed by atoms with Crippen molar-refractivity contribution in [1.29, 1.82) is 0 Å². The molecular formula is C16H27N3. The summed E-state index contributed by atoms with van der Waals surface area (Å²) in [6.45, 7) is 3.52. The van der Waals surface area contributed by atoms with Gasteiger partial charge in [0.1, 0.15) is 0 Å². The molecule has 0 aliphatic carbocycles. The summed E-state index contributed by atoms with van der Waals surface area (Å²) in [4.78, 5) is 4.95. The Morgan fingerprint density at radius 2 is 2.05 bits per heavy atom. The van der Waals surface area contributed by atoms with Crippen molar-refractivity contribution in [3.05, 3.63) is 35.9 Å². The van der Waals surface area contributed by atoms with Gasteiger partial charge in [0.25, 0.3) is 0 Å². The van der Waals surface area contributed by atoms with Crippen LogP contribution in [0.4, 0.5) is 0 Å². The molecule has 3 nitrogen and oxygen atoms in total. The summed E-state index contributed by atoms with van der Waals surface area (Å²) < 4.78 is 0. The van der Waals surface area contributed by atoms with E-state index in [1.54, 1.807) is 0 Å². The molecule has 1 N–H and O–H groups in total. The van der Waals surface area contributed by atoms with Crippen LogP contribution in [0.2, 0.25) is 0 Å². The Hall–Kier alpha value is -0.900. The SMILES string of the molecule is CNC(CN1CCCC1CN(C)C)c1ccccc1. The summed E-state index contributed by atoms with van der Waals surface area (Å²) in [5, 5.41) is 3.46. The van der Waals surface area contributed by atoms with Gasteiger partial charge >= 0.3 is 0 Å². The van der Waals surface area contributed by atoms with E-state index in [4.69, 9.17) is 0 Å². The highest BCUT2D eigenvalue weighted by molar-refractivity contribution is 5.19. The Kier molecular flexibility index (Phi) is 5.37. The van der Waals surface area contributed by atoms with Gasteiger partial charge in [-0.05, 0) is 46.1 Å². The molecule has 1 heterocycles. The Bertz CT molecular complexity index is 364. The van der Waals surface area contributed by atoms with Crippen molar-refractivity contribution >= 4 is 0 Å². The highest BCUT2D eigenvalue weighted by Gasteiger charge is 2.26. The molecule has 106 valence electrons. The predicted molar refractivity (Wildman–Crippen MR) is 81.4 cm³/mol. The van der Waals surface area contributed by atoms with Crippen LogP contribution in [-0.4, -0.2) is 56.6 Å². The zero-order chi connectivity index (χ0) is 13.7. The average molecular weight is 261 g/mol. The van der Waals surface area contributed by atoms with E-state index in [1.165, 1.54) is 31.5 Å². The normalized spacial score (nSPS) is 22.0. The summed E-state index contributed by atoms with van der Waals surface area (Å²) in [6.07, 6.45) is 2.67. The first-order valence-corrected chi connectivity index (χ1v) is 7.31. The van der Waals surface area contributed by atoms with E-state index in [1.807, 2.05) is 0 Å². The quantitative estimate of drug-likeness (QED) is 0.844. The lowest BCUT2D eigenvalue weighted by Gasteiger charge is -2.30. The van der Waals surface area contributed by atoms with Gasteiger partial charge in [0, 0.05) is 25.2 Å². The number of likely N-dealkylation sites (N-methyl/N-ethyl adjacent to an activating group) is 2. The summed E-state index contributed by atoms with van der Waals surface area (Å²) in [5.41, 5.74) is 1.39. The minimum Gasteiger partial charge on any atom is -0.312 e. The molecule has 0 bridgehead atoms. The Morgan fingerprint density at radius 1 is 1.32 bits per heavy atom. The van der Waals surface area contributed by atoms with Crippen LogP contribution in [0.15, 0.2) is 30.3 Å². The van der Waals surface area contributed by atoms with Crippen molar-refractivity contribution in [3.8, 4) is 0 Å². The van der Waals surface area contributed by atoms with Gasteiger partial charge in [-0.15, -0.1) is 0 Å². The van der Waals surface area contributed by atoms with Crippen LogP contribution in [0.25, 0.3) is 0 Å². The first kappa shape index (κ1) is 14.5. The topological polar surface area (TPSA) is 18.5 Å². The molecule has 2 unspecified atom stereocenters. The minimum absolute atomic E-state index is 0.434. The Balaban J connectivity index is 1.98. The molecule has 0 amide bonds. The Morgan fingerprint density at radius 3 is 2.68 bits per heavy atom. The molecule has 1 fully saturated rings. The molecule has 0 saturated carbocycles. The second-order valence-corrected chi connectivity index (χ2v) is 5.81. The van der Waals surface area contributed by atoms with Crippen molar-refractivity contribution in [2.24, 2.45) is 0 Å². The van der Waals surface area contributed by atoms with Crippen molar-refractivity contribution in [3.63, 3.8) is 0 Å². The maximum Gasteiger partial charge on any atom is 0.0446 e. The maximum absolute atomic E-state index is 3.46. The zero-order valence-electron chi connectivity index (χ0n) is 12.5. The number of rotatable bonds is 6. The lowest BCUT2D eigenvalue weighted by Crippen LogP contribution is -2.41. The summed E-state index contributed by atoms with van der Waals surface area (Å²) in [5.74, 6) is 0. The van der Waals surface area contributed by atoms with Gasteiger partial charge in [-0.25, -0.2) is 0 Å². The van der Waals surface area contributed by atoms with E-state index in [-0.39, 0.29) is 0 Å². The van der Waals surface area contributed by atoms with E-state index in [9.17, 15) is 0 Å². The van der Waals surface area contributed by atoms with E-state index in [0.717, 1.165) is 12.6 Å². The molecule has 1 aromatic carbocycles. The van der Waals surface area contributed by atoms with Gasteiger partial charge in [-0.3, -0.25) is 4.90 Å². The molecular weight excluding hydrogens is 234 g/mol. The van der Waals surface area contributed by atoms with Crippen molar-refractivity contribution in [2.45, 2.75) is 24.9 Å². The molecule has 19 heavy (non-hydrogen) atoms. The van der Waals surface area contributed by atoms with Crippen LogP contribution in [0.5, 0.6) is 0 Å². The molecule has 1 aliphatic rings. The second-order valence-electron chi connectivity index (χ2n) is 5.81. The smallest absolute Gasteiger partial charge is 0.0446 e. The molecule has 1 aromatic rings. The van der Waals surface area contributed by atoms with Crippen LogP contribution in [0, 0.1) is 0 Å². The Labute approximate surface area is 117 Å². The van der Waals surface area contributed by atoms with E-state index in [2.05, 4.69) is 66.6 Å². The maximum atomic E-state index is 3.46. The fourth-order valence-electron chi connectivity index (χ4n) is 3.05. The van der Waals surface area contributed by atoms with Crippen LogP contribution >= 0.6 is 0 Å². The van der Waals surface area contributed by atoms with Crippen LogP contribution < -0.4 is 5.32 Å². The summed E-state index contributed by atoms with van der Waals surface area (Å²) in [7, 11) is 6.40. The van der Waals surface area contributed by atoms with Gasteiger partial charge < -0.3 is 10.2 Å². The standard InChI is InChI=1S/C16H27N3/c1-17-16(14-8-5-4-6-9-14)13-19-11-7-10-15(19)12-18(2)3/h4-6,8-9,15-17H,7,10-13H2,1-3H3. The van der Waals surface area contributed by atoms with Crippen molar-refractivity contribution < 1.29 is 0 Å².